The molecule has 1 N–H and O–H groups in total. The number of ether oxygens (including phenoxy) is 1. The van der Waals surface area contributed by atoms with Crippen LogP contribution >= 0.6 is 0 Å². The van der Waals surface area contributed by atoms with E-state index in [2.05, 4.69) is 10.2 Å². The largest absolute Gasteiger partial charge is 0.490 e. The van der Waals surface area contributed by atoms with E-state index >= 15 is 0 Å². The third-order valence-electron chi connectivity index (χ3n) is 2.74. The van der Waals surface area contributed by atoms with Crippen molar-refractivity contribution in [1.29, 1.82) is 0 Å². The molecular weight excluding hydrogens is 222 g/mol. The third-order valence-corrected chi connectivity index (χ3v) is 2.74. The van der Waals surface area contributed by atoms with Crippen LogP contribution in [0.1, 0.15) is 0 Å². The van der Waals surface area contributed by atoms with Gasteiger partial charge in [0.05, 0.1) is 17.2 Å². The van der Waals surface area contributed by atoms with E-state index in [0.717, 1.165) is 31.1 Å². The number of anilines is 1. The van der Waals surface area contributed by atoms with Crippen molar-refractivity contribution in [2.75, 3.05) is 38.2 Å². The molecule has 0 spiro atoms. The van der Waals surface area contributed by atoms with Gasteiger partial charge in [-0.3, -0.25) is 10.1 Å². The van der Waals surface area contributed by atoms with Gasteiger partial charge in [0.15, 0.2) is 0 Å². The summed E-state index contributed by atoms with van der Waals surface area (Å²) in [4.78, 5) is 12.5. The minimum atomic E-state index is -0.384. The lowest BCUT2D eigenvalue weighted by atomic mass is 10.2. The maximum atomic E-state index is 10.7. The first kappa shape index (κ1) is 11.7. The van der Waals surface area contributed by atoms with E-state index in [1.807, 2.05) is 7.05 Å². The van der Waals surface area contributed by atoms with Crippen molar-refractivity contribution in [3.63, 3.8) is 0 Å². The molecule has 6 heteroatoms. The minimum absolute atomic E-state index is 0.101. The van der Waals surface area contributed by atoms with Gasteiger partial charge in [0.1, 0.15) is 12.4 Å². The van der Waals surface area contributed by atoms with Crippen LogP contribution in [-0.4, -0.2) is 38.2 Å². The molecule has 6 nitrogen and oxygen atoms in total. The molecule has 0 aromatic heterocycles. The van der Waals surface area contributed by atoms with Crippen LogP contribution in [0.25, 0.3) is 0 Å². The highest BCUT2D eigenvalue weighted by atomic mass is 16.6. The summed E-state index contributed by atoms with van der Waals surface area (Å²) >= 11 is 0. The molecule has 0 radical (unpaired) electrons. The summed E-state index contributed by atoms with van der Waals surface area (Å²) in [6, 6.07) is 4.71. The smallest absolute Gasteiger partial charge is 0.271 e. The van der Waals surface area contributed by atoms with E-state index < -0.39 is 0 Å². The summed E-state index contributed by atoms with van der Waals surface area (Å²) in [5.74, 6) is 0.720. The zero-order valence-corrected chi connectivity index (χ0v) is 9.68. The van der Waals surface area contributed by atoms with Crippen LogP contribution in [0.4, 0.5) is 11.4 Å². The number of hydrogen-bond donors (Lipinski definition) is 1. The lowest BCUT2D eigenvalue weighted by molar-refractivity contribution is -0.384. The SMILES string of the molecule is CNCCN1CCOc2ccc([N+](=O)[O-])cc21. The normalized spacial score (nSPS) is 14.1. The lowest BCUT2D eigenvalue weighted by Crippen LogP contribution is -2.37. The van der Waals surface area contributed by atoms with Crippen molar-refractivity contribution in [2.24, 2.45) is 0 Å². The van der Waals surface area contributed by atoms with Crippen LogP contribution in [0.2, 0.25) is 0 Å². The average molecular weight is 237 g/mol. The maximum absolute atomic E-state index is 10.7. The zero-order valence-electron chi connectivity index (χ0n) is 9.68. The first-order valence-corrected chi connectivity index (χ1v) is 5.53. The number of benzene rings is 1. The quantitative estimate of drug-likeness (QED) is 0.625. The van der Waals surface area contributed by atoms with E-state index in [1.165, 1.54) is 6.07 Å². The molecule has 1 aromatic rings. The van der Waals surface area contributed by atoms with Crippen LogP contribution in [0.15, 0.2) is 18.2 Å². The van der Waals surface area contributed by atoms with Gasteiger partial charge in [0.2, 0.25) is 0 Å². The fourth-order valence-electron chi connectivity index (χ4n) is 1.85. The first-order chi connectivity index (χ1) is 8.22. The predicted octanol–water partition coefficient (Wildman–Crippen LogP) is 1.01. The van der Waals surface area contributed by atoms with Gasteiger partial charge in [-0.2, -0.15) is 0 Å². The summed E-state index contributed by atoms with van der Waals surface area (Å²) in [5.41, 5.74) is 0.907. The molecule has 92 valence electrons. The number of hydrogen-bond acceptors (Lipinski definition) is 5. The standard InChI is InChI=1S/C11H15N3O3/c1-12-4-5-13-6-7-17-11-3-2-9(14(15)16)8-10(11)13/h2-3,8,12H,4-7H2,1H3. The van der Waals surface area contributed by atoms with Crippen molar-refractivity contribution < 1.29 is 9.66 Å². The first-order valence-electron chi connectivity index (χ1n) is 5.53. The second kappa shape index (κ2) is 5.01. The number of nitrogens with one attached hydrogen (secondary N) is 1. The summed E-state index contributed by atoms with van der Waals surface area (Å²) in [7, 11) is 1.88. The highest BCUT2D eigenvalue weighted by molar-refractivity contribution is 5.64. The Kier molecular flexibility index (Phi) is 3.43. The van der Waals surface area contributed by atoms with Crippen molar-refractivity contribution in [3.8, 4) is 5.75 Å². The van der Waals surface area contributed by atoms with Crippen LogP contribution in [-0.2, 0) is 0 Å². The van der Waals surface area contributed by atoms with Crippen molar-refractivity contribution >= 4 is 11.4 Å². The third kappa shape index (κ3) is 2.47. The van der Waals surface area contributed by atoms with Crippen LogP contribution in [0.5, 0.6) is 5.75 Å². The number of likely N-dealkylation sites (N-methyl/N-ethyl adjacent to an activating group) is 1. The number of nitrogens with zero attached hydrogens (tertiary/aromatic N) is 2. The Labute approximate surface area is 99.3 Å². The molecule has 0 unspecified atom stereocenters. The molecule has 0 bridgehead atoms. The van der Waals surface area contributed by atoms with Gasteiger partial charge in [-0.25, -0.2) is 0 Å². The molecule has 1 aliphatic heterocycles. The molecular formula is C11H15N3O3. The Hall–Kier alpha value is -1.82. The zero-order chi connectivity index (χ0) is 12.3. The lowest BCUT2D eigenvalue weighted by Gasteiger charge is -2.30. The van der Waals surface area contributed by atoms with E-state index in [-0.39, 0.29) is 10.6 Å². The molecule has 17 heavy (non-hydrogen) atoms. The topological polar surface area (TPSA) is 67.6 Å². The van der Waals surface area contributed by atoms with Crippen molar-refractivity contribution in [1.82, 2.24) is 5.32 Å². The molecule has 0 atom stereocenters. The van der Waals surface area contributed by atoms with Crippen molar-refractivity contribution in [3.05, 3.63) is 28.3 Å². The summed E-state index contributed by atoms with van der Waals surface area (Å²) in [6.45, 7) is 3.03. The van der Waals surface area contributed by atoms with Crippen LogP contribution < -0.4 is 15.0 Å². The fraction of sp³-hybridized carbons (Fsp3) is 0.455. The second-order valence-corrected chi connectivity index (χ2v) is 3.85. The predicted molar refractivity (Wildman–Crippen MR) is 64.7 cm³/mol. The van der Waals surface area contributed by atoms with Crippen LogP contribution in [0.3, 0.4) is 0 Å². The van der Waals surface area contributed by atoms with E-state index in [1.54, 1.807) is 12.1 Å². The minimum Gasteiger partial charge on any atom is -0.490 e. The molecule has 0 amide bonds. The van der Waals surface area contributed by atoms with Gasteiger partial charge >= 0.3 is 0 Å². The molecule has 0 saturated carbocycles. The van der Waals surface area contributed by atoms with Gasteiger partial charge in [-0.15, -0.1) is 0 Å². The fourth-order valence-corrected chi connectivity index (χ4v) is 1.85. The van der Waals surface area contributed by atoms with Crippen molar-refractivity contribution in [2.45, 2.75) is 0 Å². The monoisotopic (exact) mass is 237 g/mol. The number of rotatable bonds is 4. The Balaban J connectivity index is 2.27. The molecule has 1 aliphatic rings. The number of non-ortho nitro benzene ring substituents is 1. The Bertz CT molecular complexity index is 422. The van der Waals surface area contributed by atoms with Gasteiger partial charge in [-0.1, -0.05) is 0 Å². The highest BCUT2D eigenvalue weighted by Gasteiger charge is 2.20. The molecule has 1 aromatic carbocycles. The second-order valence-electron chi connectivity index (χ2n) is 3.85. The highest BCUT2D eigenvalue weighted by Crippen LogP contribution is 2.34. The summed E-state index contributed by atoms with van der Waals surface area (Å²) < 4.78 is 5.48. The number of nitro benzene ring substituents is 1. The van der Waals surface area contributed by atoms with Crippen LogP contribution in [0, 0.1) is 10.1 Å². The maximum Gasteiger partial charge on any atom is 0.271 e. The van der Waals surface area contributed by atoms with E-state index in [4.69, 9.17) is 4.74 Å². The number of fused-ring (bicyclic) bond motifs is 1. The molecule has 1 heterocycles. The molecule has 0 saturated heterocycles. The van der Waals surface area contributed by atoms with E-state index in [9.17, 15) is 10.1 Å². The Morgan fingerprint density at radius 2 is 2.41 bits per heavy atom. The van der Waals surface area contributed by atoms with E-state index in [0.29, 0.717) is 6.61 Å². The molecule has 0 aliphatic carbocycles. The van der Waals surface area contributed by atoms with Gasteiger partial charge in [-0.05, 0) is 13.1 Å². The Morgan fingerprint density at radius 1 is 1.59 bits per heavy atom. The Morgan fingerprint density at radius 3 is 3.12 bits per heavy atom. The van der Waals surface area contributed by atoms with Gasteiger partial charge in [0, 0.05) is 25.2 Å². The molecule has 2 rings (SSSR count). The summed E-state index contributed by atoms with van der Waals surface area (Å²) in [5, 5.41) is 13.8. The van der Waals surface area contributed by atoms with Gasteiger partial charge in [0.25, 0.3) is 5.69 Å². The number of nitro groups is 1. The van der Waals surface area contributed by atoms with Gasteiger partial charge < -0.3 is 15.0 Å². The average Bonchev–Trinajstić information content (AvgIpc) is 2.35. The molecule has 0 fully saturated rings. The summed E-state index contributed by atoms with van der Waals surface area (Å²) in [6.07, 6.45) is 0.